The van der Waals surface area contributed by atoms with Crippen molar-refractivity contribution in [1.29, 1.82) is 5.26 Å². The molecule has 3 heteroatoms. The van der Waals surface area contributed by atoms with Crippen molar-refractivity contribution in [2.75, 3.05) is 11.9 Å². The number of nitrogens with zero attached hydrogens (tertiary/aromatic N) is 1. The molecule has 0 aliphatic carbocycles. The molecular weight excluding hydrogens is 260 g/mol. The third-order valence-electron chi connectivity index (χ3n) is 4.52. The summed E-state index contributed by atoms with van der Waals surface area (Å²) < 4.78 is 5.99. The fraction of sp³-hybridized carbons (Fsp3) is 0.278. The van der Waals surface area contributed by atoms with Crippen molar-refractivity contribution in [3.63, 3.8) is 0 Å². The molecule has 0 aromatic heterocycles. The van der Waals surface area contributed by atoms with Gasteiger partial charge in [-0.1, -0.05) is 30.3 Å². The van der Waals surface area contributed by atoms with E-state index in [9.17, 15) is 0 Å². The second-order valence-corrected chi connectivity index (χ2v) is 5.69. The first-order chi connectivity index (χ1) is 10.4. The topological polar surface area (TPSA) is 45.0 Å². The predicted molar refractivity (Wildman–Crippen MR) is 80.8 cm³/mol. The molecule has 1 N–H and O–H groups in total. The molecule has 2 aromatic carbocycles. The van der Waals surface area contributed by atoms with Crippen LogP contribution in [0.4, 0.5) is 5.69 Å². The summed E-state index contributed by atoms with van der Waals surface area (Å²) in [7, 11) is 0. The summed E-state index contributed by atoms with van der Waals surface area (Å²) in [6, 6.07) is 18.9. The Labute approximate surface area is 124 Å². The molecule has 1 saturated heterocycles. The van der Waals surface area contributed by atoms with Crippen molar-refractivity contribution in [1.82, 2.24) is 0 Å². The van der Waals surface area contributed by atoms with Crippen LogP contribution in [-0.2, 0) is 4.74 Å². The van der Waals surface area contributed by atoms with Gasteiger partial charge in [0.05, 0.1) is 23.8 Å². The van der Waals surface area contributed by atoms with Crippen LogP contribution >= 0.6 is 0 Å². The predicted octanol–water partition coefficient (Wildman–Crippen LogP) is 3.80. The van der Waals surface area contributed by atoms with Crippen molar-refractivity contribution in [2.45, 2.75) is 18.6 Å². The Morgan fingerprint density at radius 3 is 2.81 bits per heavy atom. The molecule has 0 spiro atoms. The van der Waals surface area contributed by atoms with E-state index < -0.39 is 0 Å². The van der Waals surface area contributed by atoms with Gasteiger partial charge in [0.2, 0.25) is 0 Å². The second kappa shape index (κ2) is 4.91. The largest absolute Gasteiger partial charge is 0.378 e. The van der Waals surface area contributed by atoms with Gasteiger partial charge in [0.1, 0.15) is 0 Å². The van der Waals surface area contributed by atoms with Gasteiger partial charge in [-0.15, -0.1) is 0 Å². The Morgan fingerprint density at radius 1 is 1.14 bits per heavy atom. The first-order valence-corrected chi connectivity index (χ1v) is 7.34. The molecule has 2 aromatic rings. The first kappa shape index (κ1) is 12.4. The third-order valence-corrected chi connectivity index (χ3v) is 4.52. The van der Waals surface area contributed by atoms with Crippen LogP contribution < -0.4 is 5.32 Å². The quantitative estimate of drug-likeness (QED) is 0.861. The van der Waals surface area contributed by atoms with E-state index >= 15 is 0 Å². The number of anilines is 1. The van der Waals surface area contributed by atoms with E-state index in [0.29, 0.717) is 11.5 Å². The van der Waals surface area contributed by atoms with Crippen molar-refractivity contribution >= 4 is 5.69 Å². The Hall–Kier alpha value is -2.31. The lowest BCUT2D eigenvalue weighted by molar-refractivity contribution is 0.0829. The highest BCUT2D eigenvalue weighted by atomic mass is 16.5. The van der Waals surface area contributed by atoms with Crippen LogP contribution in [0.1, 0.15) is 35.3 Å². The van der Waals surface area contributed by atoms with Crippen LogP contribution in [-0.4, -0.2) is 6.61 Å². The Balaban J connectivity index is 1.79. The summed E-state index contributed by atoms with van der Waals surface area (Å²) in [6.45, 7) is 0.788. The minimum absolute atomic E-state index is 0.0970. The van der Waals surface area contributed by atoms with E-state index in [1.54, 1.807) is 0 Å². The van der Waals surface area contributed by atoms with Crippen LogP contribution in [0.2, 0.25) is 0 Å². The van der Waals surface area contributed by atoms with Gasteiger partial charge < -0.3 is 10.1 Å². The van der Waals surface area contributed by atoms with Gasteiger partial charge in [0, 0.05) is 23.8 Å². The molecule has 1 fully saturated rings. The molecule has 0 radical (unpaired) electrons. The third kappa shape index (κ3) is 2.00. The summed E-state index contributed by atoms with van der Waals surface area (Å²) in [5.41, 5.74) is 4.21. The van der Waals surface area contributed by atoms with Gasteiger partial charge in [-0.25, -0.2) is 0 Å². The van der Waals surface area contributed by atoms with E-state index in [4.69, 9.17) is 10.00 Å². The lowest BCUT2D eigenvalue weighted by Gasteiger charge is -2.36. The molecule has 0 saturated carbocycles. The first-order valence-electron chi connectivity index (χ1n) is 7.34. The number of hydrogen-bond acceptors (Lipinski definition) is 3. The van der Waals surface area contributed by atoms with Crippen LogP contribution in [0.3, 0.4) is 0 Å². The van der Waals surface area contributed by atoms with Gasteiger partial charge >= 0.3 is 0 Å². The van der Waals surface area contributed by atoms with Crippen LogP contribution in [0, 0.1) is 17.2 Å². The standard InChI is InChI=1S/C18H16N2O/c19-11-12-6-7-16-15(10-12)18-14(8-9-21-18)17(20-16)13-4-2-1-3-5-13/h1-7,10,14,17-18,20H,8-9H2. The van der Waals surface area contributed by atoms with Gasteiger partial charge in [0.25, 0.3) is 0 Å². The summed E-state index contributed by atoms with van der Waals surface area (Å²) in [6.07, 6.45) is 1.15. The van der Waals surface area contributed by atoms with Crippen LogP contribution in [0.15, 0.2) is 48.5 Å². The monoisotopic (exact) mass is 276 g/mol. The highest BCUT2D eigenvalue weighted by molar-refractivity contribution is 5.59. The lowest BCUT2D eigenvalue weighted by Crippen LogP contribution is -2.29. The van der Waals surface area contributed by atoms with E-state index in [1.165, 1.54) is 5.56 Å². The summed E-state index contributed by atoms with van der Waals surface area (Å²) >= 11 is 0. The number of nitriles is 1. The number of ether oxygens (including phenoxy) is 1. The molecule has 3 unspecified atom stereocenters. The molecule has 4 rings (SSSR count). The van der Waals surface area contributed by atoms with E-state index in [0.717, 1.165) is 24.3 Å². The highest BCUT2D eigenvalue weighted by Crippen LogP contribution is 2.49. The second-order valence-electron chi connectivity index (χ2n) is 5.69. The number of hydrogen-bond donors (Lipinski definition) is 1. The highest BCUT2D eigenvalue weighted by Gasteiger charge is 2.41. The average Bonchev–Trinajstić information content (AvgIpc) is 3.04. The zero-order chi connectivity index (χ0) is 14.2. The van der Waals surface area contributed by atoms with Crippen molar-refractivity contribution in [3.8, 4) is 6.07 Å². The summed E-state index contributed by atoms with van der Waals surface area (Å²) in [5.74, 6) is 0.425. The smallest absolute Gasteiger partial charge is 0.0991 e. The van der Waals surface area contributed by atoms with Gasteiger partial charge in [-0.2, -0.15) is 5.26 Å². The van der Waals surface area contributed by atoms with Crippen LogP contribution in [0.5, 0.6) is 0 Å². The Kier molecular flexibility index (Phi) is 2.90. The van der Waals surface area contributed by atoms with Crippen molar-refractivity contribution in [2.24, 2.45) is 5.92 Å². The summed E-state index contributed by atoms with van der Waals surface area (Å²) in [4.78, 5) is 0. The van der Waals surface area contributed by atoms with Crippen LogP contribution in [0.25, 0.3) is 0 Å². The molecule has 0 bridgehead atoms. The van der Waals surface area contributed by atoms with Crippen molar-refractivity contribution < 1.29 is 4.74 Å². The maximum atomic E-state index is 9.10. The SMILES string of the molecule is N#Cc1ccc2c(c1)C1OCCC1C(c1ccccc1)N2. The van der Waals surface area contributed by atoms with Gasteiger partial charge in [-0.3, -0.25) is 0 Å². The van der Waals surface area contributed by atoms with E-state index in [1.807, 2.05) is 24.3 Å². The number of fused-ring (bicyclic) bond motifs is 3. The Morgan fingerprint density at radius 2 is 2.00 bits per heavy atom. The maximum absolute atomic E-state index is 9.10. The van der Waals surface area contributed by atoms with Crippen molar-refractivity contribution in [3.05, 3.63) is 65.2 Å². The van der Waals surface area contributed by atoms with Gasteiger partial charge in [0.15, 0.2) is 0 Å². The normalized spacial score (nSPS) is 26.3. The molecular formula is C18H16N2O. The molecule has 2 aliphatic heterocycles. The molecule has 0 amide bonds. The van der Waals surface area contributed by atoms with E-state index in [-0.39, 0.29) is 12.1 Å². The average molecular weight is 276 g/mol. The molecule has 2 aliphatic rings. The molecule has 2 heterocycles. The fourth-order valence-corrected chi connectivity index (χ4v) is 3.53. The number of nitrogens with one attached hydrogen (secondary N) is 1. The number of benzene rings is 2. The maximum Gasteiger partial charge on any atom is 0.0991 e. The minimum atomic E-state index is 0.0970. The zero-order valence-electron chi connectivity index (χ0n) is 11.6. The molecule has 3 atom stereocenters. The number of rotatable bonds is 1. The fourth-order valence-electron chi connectivity index (χ4n) is 3.53. The molecule has 104 valence electrons. The lowest BCUT2D eigenvalue weighted by atomic mass is 9.80. The van der Waals surface area contributed by atoms with E-state index in [2.05, 4.69) is 35.7 Å². The summed E-state index contributed by atoms with van der Waals surface area (Å²) in [5, 5.41) is 12.7. The molecule has 21 heavy (non-hydrogen) atoms. The minimum Gasteiger partial charge on any atom is -0.378 e. The van der Waals surface area contributed by atoms with Gasteiger partial charge in [-0.05, 0) is 30.2 Å². The Bertz CT molecular complexity index is 705. The molecule has 3 nitrogen and oxygen atoms in total. The zero-order valence-corrected chi connectivity index (χ0v) is 11.6.